The van der Waals surface area contributed by atoms with Crippen molar-refractivity contribution in [1.29, 1.82) is 0 Å². The van der Waals surface area contributed by atoms with Gasteiger partial charge in [-0.2, -0.15) is 0 Å². The minimum absolute atomic E-state index is 0.0938. The highest BCUT2D eigenvalue weighted by atomic mass is 19.3. The number of aromatic nitrogens is 1. The van der Waals surface area contributed by atoms with Crippen LogP contribution in [0.1, 0.15) is 49.3 Å². The van der Waals surface area contributed by atoms with Gasteiger partial charge in [0.15, 0.2) is 0 Å². The molecule has 0 saturated heterocycles. The first kappa shape index (κ1) is 16.1. The molecule has 0 spiro atoms. The van der Waals surface area contributed by atoms with E-state index in [1.807, 2.05) is 19.9 Å². The van der Waals surface area contributed by atoms with Crippen molar-refractivity contribution < 1.29 is 22.3 Å². The first-order valence-electron chi connectivity index (χ1n) is 7.35. The number of hydrogen-bond acceptors (Lipinski definition) is 3. The summed E-state index contributed by atoms with van der Waals surface area (Å²) in [6.07, 6.45) is 0.491. The number of nitrogens with zero attached hydrogens (tertiary/aromatic N) is 1. The lowest BCUT2D eigenvalue weighted by atomic mass is 9.68. The van der Waals surface area contributed by atoms with Crippen LogP contribution >= 0.6 is 0 Å². The molecule has 0 radical (unpaired) electrons. The number of methoxy groups -OCH3 is 1. The maximum atomic E-state index is 13.4. The summed E-state index contributed by atoms with van der Waals surface area (Å²) in [5.41, 5.74) is -0.886. The number of pyridine rings is 1. The van der Waals surface area contributed by atoms with Gasteiger partial charge in [0, 0.05) is 24.5 Å². The van der Waals surface area contributed by atoms with E-state index in [-0.39, 0.29) is 5.69 Å². The minimum atomic E-state index is -2.82. The summed E-state index contributed by atoms with van der Waals surface area (Å²) < 4.78 is 51.5. The molecule has 2 aromatic rings. The SMILES string of the molecule is COC1(c2ncc(F)cc2C(F)F)Cc2ccoc2C(C)(C)C1. The number of halogens is 3. The lowest BCUT2D eigenvalue weighted by molar-refractivity contribution is -0.0529. The van der Waals surface area contributed by atoms with Gasteiger partial charge < -0.3 is 9.15 Å². The van der Waals surface area contributed by atoms with Crippen molar-refractivity contribution in [2.45, 2.75) is 44.1 Å². The van der Waals surface area contributed by atoms with E-state index in [1.54, 1.807) is 6.26 Å². The van der Waals surface area contributed by atoms with Gasteiger partial charge in [-0.25, -0.2) is 13.2 Å². The van der Waals surface area contributed by atoms with Gasteiger partial charge in [0.25, 0.3) is 6.43 Å². The summed E-state index contributed by atoms with van der Waals surface area (Å²) in [6.45, 7) is 3.93. The lowest BCUT2D eigenvalue weighted by Gasteiger charge is -2.43. The highest BCUT2D eigenvalue weighted by Crippen LogP contribution is 2.49. The monoisotopic (exact) mass is 325 g/mol. The third kappa shape index (κ3) is 2.55. The van der Waals surface area contributed by atoms with Crippen LogP contribution in [0.4, 0.5) is 13.2 Å². The topological polar surface area (TPSA) is 35.3 Å². The van der Waals surface area contributed by atoms with Crippen LogP contribution in [0.2, 0.25) is 0 Å². The second-order valence-electron chi connectivity index (χ2n) is 6.60. The number of fused-ring (bicyclic) bond motifs is 1. The quantitative estimate of drug-likeness (QED) is 0.832. The molecule has 0 saturated carbocycles. The van der Waals surface area contributed by atoms with E-state index in [0.717, 1.165) is 23.6 Å². The predicted octanol–water partition coefficient (Wildman–Crippen LogP) is 4.52. The van der Waals surface area contributed by atoms with Gasteiger partial charge in [0.05, 0.1) is 18.2 Å². The normalized spacial score (nSPS) is 23.1. The molecule has 3 rings (SSSR count). The highest BCUT2D eigenvalue weighted by molar-refractivity contribution is 5.37. The first-order valence-corrected chi connectivity index (χ1v) is 7.35. The van der Waals surface area contributed by atoms with Crippen molar-refractivity contribution in [3.05, 3.63) is 53.0 Å². The fourth-order valence-corrected chi connectivity index (χ4v) is 3.64. The number of alkyl halides is 2. The molecule has 6 heteroatoms. The van der Waals surface area contributed by atoms with Crippen LogP contribution < -0.4 is 0 Å². The van der Waals surface area contributed by atoms with E-state index in [1.165, 1.54) is 7.11 Å². The van der Waals surface area contributed by atoms with E-state index < -0.39 is 28.8 Å². The summed E-state index contributed by atoms with van der Waals surface area (Å²) in [5, 5.41) is 0. The molecule has 1 aliphatic carbocycles. The van der Waals surface area contributed by atoms with Crippen LogP contribution in [-0.4, -0.2) is 12.1 Å². The summed E-state index contributed by atoms with van der Waals surface area (Å²) in [6, 6.07) is 2.65. The third-order valence-electron chi connectivity index (χ3n) is 4.51. The first-order chi connectivity index (χ1) is 10.8. The zero-order valence-corrected chi connectivity index (χ0v) is 13.2. The molecule has 0 N–H and O–H groups in total. The molecule has 0 bridgehead atoms. The molecule has 0 amide bonds. The molecule has 0 aliphatic heterocycles. The standard InChI is InChI=1S/C17H18F3NO2/c1-16(2)9-17(22-3,7-10-4-5-23-14(10)16)13-12(15(19)20)6-11(18)8-21-13/h4-6,8,15H,7,9H2,1-3H3. The molecule has 3 nitrogen and oxygen atoms in total. The Labute approximate surface area is 132 Å². The molecule has 124 valence electrons. The van der Waals surface area contributed by atoms with Crippen LogP contribution in [0.25, 0.3) is 0 Å². The van der Waals surface area contributed by atoms with E-state index in [4.69, 9.17) is 9.15 Å². The second kappa shape index (κ2) is 5.37. The Morgan fingerprint density at radius 2 is 2.09 bits per heavy atom. The van der Waals surface area contributed by atoms with Gasteiger partial charge >= 0.3 is 0 Å². The highest BCUT2D eigenvalue weighted by Gasteiger charge is 2.48. The molecular formula is C17H18F3NO2. The van der Waals surface area contributed by atoms with Crippen LogP contribution in [-0.2, 0) is 22.2 Å². The third-order valence-corrected chi connectivity index (χ3v) is 4.51. The van der Waals surface area contributed by atoms with Gasteiger partial charge in [-0.15, -0.1) is 0 Å². The van der Waals surface area contributed by atoms with E-state index in [0.29, 0.717) is 12.8 Å². The van der Waals surface area contributed by atoms with Gasteiger partial charge in [0.2, 0.25) is 0 Å². The maximum absolute atomic E-state index is 13.4. The van der Waals surface area contributed by atoms with Crippen LogP contribution in [0, 0.1) is 5.82 Å². The number of hydrogen-bond donors (Lipinski definition) is 0. The number of furan rings is 1. The molecule has 1 unspecified atom stereocenters. The van der Waals surface area contributed by atoms with Crippen LogP contribution in [0.5, 0.6) is 0 Å². The van der Waals surface area contributed by atoms with Gasteiger partial charge in [-0.1, -0.05) is 13.8 Å². The van der Waals surface area contributed by atoms with Crippen molar-refractivity contribution in [3.63, 3.8) is 0 Å². The van der Waals surface area contributed by atoms with Crippen LogP contribution in [0.3, 0.4) is 0 Å². The minimum Gasteiger partial charge on any atom is -0.468 e. The number of rotatable bonds is 3. The maximum Gasteiger partial charge on any atom is 0.265 e. The second-order valence-corrected chi connectivity index (χ2v) is 6.60. The largest absolute Gasteiger partial charge is 0.468 e. The smallest absolute Gasteiger partial charge is 0.265 e. The molecule has 2 aromatic heterocycles. The van der Waals surface area contributed by atoms with Crippen molar-refractivity contribution in [3.8, 4) is 0 Å². The Hall–Kier alpha value is -1.82. The Morgan fingerprint density at radius 3 is 2.74 bits per heavy atom. The summed E-state index contributed by atoms with van der Waals surface area (Å²) in [7, 11) is 1.47. The fourth-order valence-electron chi connectivity index (χ4n) is 3.64. The van der Waals surface area contributed by atoms with Crippen molar-refractivity contribution in [2.24, 2.45) is 0 Å². The van der Waals surface area contributed by atoms with Crippen molar-refractivity contribution in [2.75, 3.05) is 7.11 Å². The Balaban J connectivity index is 2.18. The van der Waals surface area contributed by atoms with E-state index in [9.17, 15) is 13.2 Å². The molecule has 1 aliphatic rings. The van der Waals surface area contributed by atoms with Gasteiger partial charge in [-0.05, 0) is 24.1 Å². The summed E-state index contributed by atoms with van der Waals surface area (Å²) >= 11 is 0. The predicted molar refractivity (Wildman–Crippen MR) is 77.9 cm³/mol. The molecule has 0 aromatic carbocycles. The summed E-state index contributed by atoms with van der Waals surface area (Å²) in [4.78, 5) is 3.98. The summed E-state index contributed by atoms with van der Waals surface area (Å²) in [5.74, 6) is 0.0419. The van der Waals surface area contributed by atoms with Crippen molar-refractivity contribution in [1.82, 2.24) is 4.98 Å². The average molecular weight is 325 g/mol. The van der Waals surface area contributed by atoms with Gasteiger partial charge in [0.1, 0.15) is 17.2 Å². The molecular weight excluding hydrogens is 307 g/mol. The average Bonchev–Trinajstić information content (AvgIpc) is 2.95. The Bertz CT molecular complexity index is 726. The molecule has 1 atom stereocenters. The zero-order chi connectivity index (χ0) is 16.8. The molecule has 2 heterocycles. The Kier molecular flexibility index (Phi) is 3.75. The Morgan fingerprint density at radius 1 is 1.35 bits per heavy atom. The zero-order valence-electron chi connectivity index (χ0n) is 13.2. The van der Waals surface area contributed by atoms with E-state index in [2.05, 4.69) is 4.98 Å². The van der Waals surface area contributed by atoms with E-state index >= 15 is 0 Å². The number of ether oxygens (including phenoxy) is 1. The van der Waals surface area contributed by atoms with Gasteiger partial charge in [-0.3, -0.25) is 4.98 Å². The molecule has 23 heavy (non-hydrogen) atoms. The van der Waals surface area contributed by atoms with Crippen molar-refractivity contribution >= 4 is 0 Å². The fraction of sp³-hybridized carbons (Fsp3) is 0.471. The van der Waals surface area contributed by atoms with Crippen LogP contribution in [0.15, 0.2) is 29.0 Å². The lowest BCUT2D eigenvalue weighted by Crippen LogP contribution is -2.43. The molecule has 0 fully saturated rings.